The molecule has 6 heteroatoms. The summed E-state index contributed by atoms with van der Waals surface area (Å²) >= 11 is 0. The molecule has 29 heavy (non-hydrogen) atoms. The van der Waals surface area contributed by atoms with Gasteiger partial charge in [-0.25, -0.2) is 0 Å². The van der Waals surface area contributed by atoms with Crippen molar-refractivity contribution in [3.63, 3.8) is 0 Å². The maximum Gasteiger partial charge on any atom is 0.303 e. The van der Waals surface area contributed by atoms with Crippen LogP contribution in [-0.4, -0.2) is 36.6 Å². The highest BCUT2D eigenvalue weighted by Gasteiger charge is 2.38. The van der Waals surface area contributed by atoms with E-state index in [4.69, 9.17) is 14.6 Å². The molecule has 172 valence electrons. The molecule has 0 bridgehead atoms. The normalized spacial score (nSPS) is 12.5. The van der Waals surface area contributed by atoms with Crippen molar-refractivity contribution in [2.24, 2.45) is 0 Å². The zero-order valence-corrected chi connectivity index (χ0v) is 20.6. The Labute approximate surface area is 179 Å². The second kappa shape index (κ2) is 15.0. The van der Waals surface area contributed by atoms with Gasteiger partial charge in [0.25, 0.3) is 0 Å². The SMILES string of the molecule is CC(C)(C)[Si](C)(C)OC(CCCCCCCC(=O)O)CCCCCCCC(=O)O. The lowest BCUT2D eigenvalue weighted by Crippen LogP contribution is -2.44. The first-order valence-corrected chi connectivity index (χ1v) is 14.5. The summed E-state index contributed by atoms with van der Waals surface area (Å²) in [4.78, 5) is 21.1. The lowest BCUT2D eigenvalue weighted by molar-refractivity contribution is -0.138. The Morgan fingerprint density at radius 1 is 0.724 bits per heavy atom. The summed E-state index contributed by atoms with van der Waals surface area (Å²) in [7, 11) is -1.79. The Hall–Kier alpha value is -0.883. The summed E-state index contributed by atoms with van der Waals surface area (Å²) in [5.41, 5.74) is 0. The summed E-state index contributed by atoms with van der Waals surface area (Å²) in [6.45, 7) is 11.5. The van der Waals surface area contributed by atoms with Gasteiger partial charge in [-0.05, 0) is 43.8 Å². The second-order valence-corrected chi connectivity index (χ2v) is 14.7. The Balaban J connectivity index is 4.26. The molecule has 0 aromatic rings. The van der Waals surface area contributed by atoms with E-state index in [1.54, 1.807) is 0 Å². The van der Waals surface area contributed by atoms with Crippen LogP contribution < -0.4 is 0 Å². The van der Waals surface area contributed by atoms with Crippen molar-refractivity contribution in [1.29, 1.82) is 0 Å². The molecule has 0 aromatic heterocycles. The highest BCUT2D eigenvalue weighted by molar-refractivity contribution is 6.74. The second-order valence-electron chi connectivity index (χ2n) is 9.90. The fourth-order valence-corrected chi connectivity index (χ4v) is 4.64. The van der Waals surface area contributed by atoms with Crippen LogP contribution in [0.25, 0.3) is 0 Å². The minimum Gasteiger partial charge on any atom is -0.481 e. The summed E-state index contributed by atoms with van der Waals surface area (Å²) in [5, 5.41) is 17.6. The van der Waals surface area contributed by atoms with E-state index in [2.05, 4.69) is 33.9 Å². The lowest BCUT2D eigenvalue weighted by Gasteiger charge is -2.39. The van der Waals surface area contributed by atoms with Crippen molar-refractivity contribution in [1.82, 2.24) is 0 Å². The molecule has 0 amide bonds. The van der Waals surface area contributed by atoms with E-state index in [1.807, 2.05) is 0 Å². The fourth-order valence-electron chi connectivity index (χ4n) is 3.21. The first-order chi connectivity index (χ1) is 13.5. The minimum absolute atomic E-state index is 0.207. The van der Waals surface area contributed by atoms with Crippen LogP contribution >= 0.6 is 0 Å². The molecule has 0 aliphatic rings. The fraction of sp³-hybridized carbons (Fsp3) is 0.913. The van der Waals surface area contributed by atoms with Crippen LogP contribution in [0.1, 0.15) is 111 Å². The highest BCUT2D eigenvalue weighted by Crippen LogP contribution is 2.38. The maximum absolute atomic E-state index is 10.6. The molecule has 0 fully saturated rings. The number of carboxylic acids is 2. The molecule has 0 rings (SSSR count). The van der Waals surface area contributed by atoms with Crippen LogP contribution in [0.15, 0.2) is 0 Å². The zero-order valence-electron chi connectivity index (χ0n) is 19.6. The topological polar surface area (TPSA) is 83.8 Å². The molecular weight excluding hydrogens is 384 g/mol. The third-order valence-corrected chi connectivity index (χ3v) is 10.6. The van der Waals surface area contributed by atoms with Crippen LogP contribution in [0.4, 0.5) is 0 Å². The van der Waals surface area contributed by atoms with Crippen molar-refractivity contribution in [3.05, 3.63) is 0 Å². The van der Waals surface area contributed by atoms with Crippen LogP contribution in [0.5, 0.6) is 0 Å². The molecular formula is C23H46O5Si. The molecule has 0 aliphatic carbocycles. The predicted octanol–water partition coefficient (Wildman–Crippen LogP) is 7.01. The maximum atomic E-state index is 10.6. The number of carbonyl (C=O) groups is 2. The molecule has 5 nitrogen and oxygen atoms in total. The minimum atomic E-state index is -1.79. The number of hydrogen-bond donors (Lipinski definition) is 2. The number of rotatable bonds is 18. The Bertz CT molecular complexity index is 429. The monoisotopic (exact) mass is 430 g/mol. The number of aliphatic carboxylic acids is 2. The van der Waals surface area contributed by atoms with Crippen LogP contribution in [-0.2, 0) is 14.0 Å². The van der Waals surface area contributed by atoms with Gasteiger partial charge in [0.05, 0.1) is 0 Å². The van der Waals surface area contributed by atoms with Crippen molar-refractivity contribution in [2.75, 3.05) is 0 Å². The summed E-state index contributed by atoms with van der Waals surface area (Å²) in [5.74, 6) is -1.40. The molecule has 0 unspecified atom stereocenters. The van der Waals surface area contributed by atoms with Crippen molar-refractivity contribution in [2.45, 2.75) is 135 Å². The van der Waals surface area contributed by atoms with Gasteiger partial charge in [-0.2, -0.15) is 0 Å². The Morgan fingerprint density at radius 2 is 1.07 bits per heavy atom. The molecule has 0 saturated heterocycles. The third-order valence-electron chi connectivity index (χ3n) is 6.10. The van der Waals surface area contributed by atoms with Gasteiger partial charge >= 0.3 is 11.9 Å². The van der Waals surface area contributed by atoms with Crippen molar-refractivity contribution < 1.29 is 24.2 Å². The van der Waals surface area contributed by atoms with E-state index >= 15 is 0 Å². The van der Waals surface area contributed by atoms with Crippen molar-refractivity contribution in [3.8, 4) is 0 Å². The van der Waals surface area contributed by atoms with Gasteiger partial charge in [0.1, 0.15) is 0 Å². The third kappa shape index (κ3) is 15.6. The van der Waals surface area contributed by atoms with E-state index in [0.29, 0.717) is 6.10 Å². The van der Waals surface area contributed by atoms with Crippen LogP contribution in [0, 0.1) is 0 Å². The smallest absolute Gasteiger partial charge is 0.303 e. The van der Waals surface area contributed by atoms with E-state index in [-0.39, 0.29) is 17.9 Å². The molecule has 0 aromatic carbocycles. The lowest BCUT2D eigenvalue weighted by atomic mass is 10.0. The van der Waals surface area contributed by atoms with Gasteiger partial charge < -0.3 is 14.6 Å². The number of unbranched alkanes of at least 4 members (excludes halogenated alkanes) is 8. The summed E-state index contributed by atoms with van der Waals surface area (Å²) < 4.78 is 6.70. The average molecular weight is 431 g/mol. The van der Waals surface area contributed by atoms with E-state index in [0.717, 1.165) is 77.0 Å². The summed E-state index contributed by atoms with van der Waals surface area (Å²) in [6, 6.07) is 0. The predicted molar refractivity (Wildman–Crippen MR) is 122 cm³/mol. The van der Waals surface area contributed by atoms with Gasteiger partial charge in [-0.3, -0.25) is 9.59 Å². The first-order valence-electron chi connectivity index (χ1n) is 11.6. The molecule has 0 aliphatic heterocycles. The van der Waals surface area contributed by atoms with Gasteiger partial charge in [0.15, 0.2) is 8.32 Å². The molecule has 2 N–H and O–H groups in total. The number of hydrogen-bond acceptors (Lipinski definition) is 3. The van der Waals surface area contributed by atoms with Gasteiger partial charge in [-0.1, -0.05) is 72.1 Å². The van der Waals surface area contributed by atoms with Gasteiger partial charge in [0, 0.05) is 18.9 Å². The molecule has 0 atom stereocenters. The highest BCUT2D eigenvalue weighted by atomic mass is 28.4. The number of carboxylic acid groups (broad SMARTS) is 2. The van der Waals surface area contributed by atoms with Gasteiger partial charge in [0.2, 0.25) is 0 Å². The molecule has 0 spiro atoms. The van der Waals surface area contributed by atoms with Crippen molar-refractivity contribution >= 4 is 20.3 Å². The van der Waals surface area contributed by atoms with Crippen LogP contribution in [0.3, 0.4) is 0 Å². The quantitative estimate of drug-likeness (QED) is 0.180. The molecule has 0 saturated carbocycles. The summed E-state index contributed by atoms with van der Waals surface area (Å²) in [6.07, 6.45) is 13.4. The Kier molecular flexibility index (Phi) is 14.5. The first kappa shape index (κ1) is 28.1. The largest absolute Gasteiger partial charge is 0.481 e. The van der Waals surface area contributed by atoms with Crippen LogP contribution in [0.2, 0.25) is 18.1 Å². The zero-order chi connectivity index (χ0) is 22.3. The average Bonchev–Trinajstić information content (AvgIpc) is 2.57. The Morgan fingerprint density at radius 3 is 1.41 bits per heavy atom. The van der Waals surface area contributed by atoms with Gasteiger partial charge in [-0.15, -0.1) is 0 Å². The molecule has 0 radical (unpaired) electrons. The van der Waals surface area contributed by atoms with E-state index < -0.39 is 20.3 Å². The molecule has 0 heterocycles. The van der Waals surface area contributed by atoms with E-state index in [1.165, 1.54) is 0 Å². The van der Waals surface area contributed by atoms with E-state index in [9.17, 15) is 9.59 Å². The standard InChI is InChI=1S/C23H46O5Si/c1-23(2,3)29(4,5)28-20(16-12-8-6-10-14-18-21(24)25)17-13-9-7-11-15-19-22(26)27/h20H,6-19H2,1-5H3,(H,24,25)(H,26,27).